The third-order valence-electron chi connectivity index (χ3n) is 1.68. The van der Waals surface area contributed by atoms with Crippen LogP contribution in [0.4, 0.5) is 0 Å². The van der Waals surface area contributed by atoms with E-state index >= 15 is 0 Å². The van der Waals surface area contributed by atoms with Gasteiger partial charge in [-0.05, 0) is 0 Å². The van der Waals surface area contributed by atoms with Gasteiger partial charge in [-0.25, -0.2) is 4.98 Å². The standard InChI is InChI=1S/C8H12N4/c1-2-8-11-3-4-12(8)6-7(10)5-9/h3-4,7H,2,6,10H2,1H3. The summed E-state index contributed by atoms with van der Waals surface area (Å²) in [5.74, 6) is 0.973. The summed E-state index contributed by atoms with van der Waals surface area (Å²) in [6.45, 7) is 2.55. The summed E-state index contributed by atoms with van der Waals surface area (Å²) >= 11 is 0. The van der Waals surface area contributed by atoms with E-state index in [1.165, 1.54) is 0 Å². The molecule has 0 aromatic carbocycles. The Balaban J connectivity index is 2.69. The fourth-order valence-electron chi connectivity index (χ4n) is 1.07. The van der Waals surface area contributed by atoms with Crippen molar-refractivity contribution in [3.8, 4) is 6.07 Å². The lowest BCUT2D eigenvalue weighted by Gasteiger charge is -2.06. The molecule has 1 heterocycles. The summed E-state index contributed by atoms with van der Waals surface area (Å²) in [6, 6.07) is 1.54. The number of aromatic nitrogens is 2. The number of imidazole rings is 1. The van der Waals surface area contributed by atoms with E-state index in [4.69, 9.17) is 11.0 Å². The highest BCUT2D eigenvalue weighted by Crippen LogP contribution is 1.98. The molecule has 4 nitrogen and oxygen atoms in total. The van der Waals surface area contributed by atoms with Gasteiger partial charge in [-0.15, -0.1) is 0 Å². The molecule has 0 aliphatic heterocycles. The van der Waals surface area contributed by atoms with E-state index in [0.717, 1.165) is 12.2 Å². The number of nitrogens with zero attached hydrogens (tertiary/aromatic N) is 3. The fourth-order valence-corrected chi connectivity index (χ4v) is 1.07. The van der Waals surface area contributed by atoms with Crippen LogP contribution in [0.15, 0.2) is 12.4 Å². The van der Waals surface area contributed by atoms with Crippen LogP contribution in [0.5, 0.6) is 0 Å². The van der Waals surface area contributed by atoms with Crippen molar-refractivity contribution in [2.45, 2.75) is 25.9 Å². The summed E-state index contributed by atoms with van der Waals surface area (Å²) in [4.78, 5) is 4.12. The monoisotopic (exact) mass is 164 g/mol. The molecule has 4 heteroatoms. The lowest BCUT2D eigenvalue weighted by Crippen LogP contribution is -2.24. The van der Waals surface area contributed by atoms with Gasteiger partial charge >= 0.3 is 0 Å². The molecule has 2 N–H and O–H groups in total. The summed E-state index contributed by atoms with van der Waals surface area (Å²) in [6.07, 6.45) is 4.43. The van der Waals surface area contributed by atoms with E-state index in [2.05, 4.69) is 4.98 Å². The average molecular weight is 164 g/mol. The molecule has 64 valence electrons. The first-order chi connectivity index (χ1) is 5.77. The lowest BCUT2D eigenvalue weighted by molar-refractivity contribution is 0.609. The first-order valence-electron chi connectivity index (χ1n) is 3.93. The van der Waals surface area contributed by atoms with Crippen molar-refractivity contribution in [1.29, 1.82) is 5.26 Å². The van der Waals surface area contributed by atoms with Crippen LogP contribution in [0.1, 0.15) is 12.7 Å². The maximum atomic E-state index is 8.49. The fraction of sp³-hybridized carbons (Fsp3) is 0.500. The smallest absolute Gasteiger partial charge is 0.111 e. The van der Waals surface area contributed by atoms with Crippen molar-refractivity contribution in [3.63, 3.8) is 0 Å². The van der Waals surface area contributed by atoms with Crippen LogP contribution in [-0.4, -0.2) is 15.6 Å². The molecule has 0 saturated heterocycles. The normalized spacial score (nSPS) is 12.4. The molecule has 0 aliphatic carbocycles. The summed E-state index contributed by atoms with van der Waals surface area (Å²) in [7, 11) is 0. The van der Waals surface area contributed by atoms with E-state index < -0.39 is 6.04 Å². The summed E-state index contributed by atoms with van der Waals surface area (Å²) in [5, 5.41) is 8.49. The van der Waals surface area contributed by atoms with Crippen molar-refractivity contribution in [3.05, 3.63) is 18.2 Å². The number of nitriles is 1. The Morgan fingerprint density at radius 2 is 2.58 bits per heavy atom. The Labute approximate surface area is 71.6 Å². The zero-order chi connectivity index (χ0) is 8.97. The molecule has 1 aromatic heterocycles. The molecule has 1 atom stereocenters. The predicted molar refractivity (Wildman–Crippen MR) is 45.2 cm³/mol. The quantitative estimate of drug-likeness (QED) is 0.698. The minimum Gasteiger partial charge on any atom is -0.332 e. The SMILES string of the molecule is CCc1nccn1CC(N)C#N. The second-order valence-corrected chi connectivity index (χ2v) is 2.58. The zero-order valence-electron chi connectivity index (χ0n) is 7.07. The van der Waals surface area contributed by atoms with Gasteiger partial charge < -0.3 is 10.3 Å². The number of nitrogens with two attached hydrogens (primary N) is 1. The molecule has 0 fully saturated rings. The van der Waals surface area contributed by atoms with Crippen molar-refractivity contribution in [1.82, 2.24) is 9.55 Å². The van der Waals surface area contributed by atoms with E-state index in [1.807, 2.05) is 23.8 Å². The number of hydrogen-bond donors (Lipinski definition) is 1. The molecular formula is C8H12N4. The Morgan fingerprint density at radius 1 is 1.83 bits per heavy atom. The molecule has 0 bridgehead atoms. The highest BCUT2D eigenvalue weighted by molar-refractivity contribution is 4.96. The molecule has 1 rings (SSSR count). The molecule has 0 amide bonds. The minimum absolute atomic E-state index is 0.440. The Kier molecular flexibility index (Phi) is 2.83. The molecule has 1 aromatic rings. The first kappa shape index (κ1) is 8.75. The van der Waals surface area contributed by atoms with Crippen molar-refractivity contribution in [2.24, 2.45) is 5.73 Å². The molecule has 12 heavy (non-hydrogen) atoms. The van der Waals surface area contributed by atoms with Gasteiger partial charge in [0.25, 0.3) is 0 Å². The topological polar surface area (TPSA) is 67.6 Å². The molecule has 0 aliphatic rings. The number of rotatable bonds is 3. The van der Waals surface area contributed by atoms with Crippen molar-refractivity contribution >= 4 is 0 Å². The molecule has 1 unspecified atom stereocenters. The number of hydrogen-bond acceptors (Lipinski definition) is 3. The summed E-state index contributed by atoms with van der Waals surface area (Å²) in [5.41, 5.74) is 5.48. The van der Waals surface area contributed by atoms with Crippen LogP contribution in [0, 0.1) is 11.3 Å². The van der Waals surface area contributed by atoms with Crippen LogP contribution in [0.2, 0.25) is 0 Å². The molecule has 0 saturated carbocycles. The molecular weight excluding hydrogens is 152 g/mol. The van der Waals surface area contributed by atoms with Crippen LogP contribution < -0.4 is 5.73 Å². The minimum atomic E-state index is -0.440. The van der Waals surface area contributed by atoms with Crippen LogP contribution in [0.3, 0.4) is 0 Å². The van der Waals surface area contributed by atoms with E-state index in [0.29, 0.717) is 6.54 Å². The van der Waals surface area contributed by atoms with E-state index in [1.54, 1.807) is 6.20 Å². The first-order valence-corrected chi connectivity index (χ1v) is 3.93. The average Bonchev–Trinajstić information content (AvgIpc) is 2.51. The second-order valence-electron chi connectivity index (χ2n) is 2.58. The Bertz CT molecular complexity index is 283. The van der Waals surface area contributed by atoms with Crippen LogP contribution in [-0.2, 0) is 13.0 Å². The largest absolute Gasteiger partial charge is 0.332 e. The third kappa shape index (κ3) is 1.83. The van der Waals surface area contributed by atoms with Gasteiger partial charge in [-0.1, -0.05) is 6.92 Å². The van der Waals surface area contributed by atoms with Gasteiger partial charge in [-0.3, -0.25) is 0 Å². The van der Waals surface area contributed by atoms with Gasteiger partial charge in [0.15, 0.2) is 0 Å². The highest BCUT2D eigenvalue weighted by atomic mass is 15.1. The zero-order valence-corrected chi connectivity index (χ0v) is 7.07. The third-order valence-corrected chi connectivity index (χ3v) is 1.68. The van der Waals surface area contributed by atoms with Gasteiger partial charge in [-0.2, -0.15) is 5.26 Å². The van der Waals surface area contributed by atoms with E-state index in [9.17, 15) is 0 Å². The maximum absolute atomic E-state index is 8.49. The second kappa shape index (κ2) is 3.88. The van der Waals surface area contributed by atoms with Gasteiger partial charge in [0.1, 0.15) is 11.9 Å². The maximum Gasteiger partial charge on any atom is 0.111 e. The number of aryl methyl sites for hydroxylation is 1. The van der Waals surface area contributed by atoms with Gasteiger partial charge in [0.2, 0.25) is 0 Å². The predicted octanol–water partition coefficient (Wildman–Crippen LogP) is 0.296. The Morgan fingerprint density at radius 3 is 3.17 bits per heavy atom. The van der Waals surface area contributed by atoms with Crippen molar-refractivity contribution in [2.75, 3.05) is 0 Å². The van der Waals surface area contributed by atoms with Gasteiger partial charge in [0.05, 0.1) is 12.6 Å². The molecule has 0 radical (unpaired) electrons. The van der Waals surface area contributed by atoms with Crippen LogP contribution in [0.25, 0.3) is 0 Å². The van der Waals surface area contributed by atoms with E-state index in [-0.39, 0.29) is 0 Å². The van der Waals surface area contributed by atoms with Crippen LogP contribution >= 0.6 is 0 Å². The Hall–Kier alpha value is -1.34. The van der Waals surface area contributed by atoms with Crippen molar-refractivity contribution < 1.29 is 0 Å². The lowest BCUT2D eigenvalue weighted by atomic mass is 10.3. The molecule has 0 spiro atoms. The van der Waals surface area contributed by atoms with Gasteiger partial charge in [0, 0.05) is 18.8 Å². The highest BCUT2D eigenvalue weighted by Gasteiger charge is 2.04. The summed E-state index contributed by atoms with van der Waals surface area (Å²) < 4.78 is 1.91.